The molecule has 0 fully saturated rings. The van der Waals surface area contributed by atoms with Crippen molar-refractivity contribution in [3.05, 3.63) is 16.5 Å². The summed E-state index contributed by atoms with van der Waals surface area (Å²) < 4.78 is 5.33. The van der Waals surface area contributed by atoms with Crippen LogP contribution in [0.3, 0.4) is 0 Å². The van der Waals surface area contributed by atoms with E-state index in [2.05, 4.69) is 31.2 Å². The summed E-state index contributed by atoms with van der Waals surface area (Å²) in [5.74, 6) is 0.114. The summed E-state index contributed by atoms with van der Waals surface area (Å²) in [4.78, 5) is 19.2. The topological polar surface area (TPSA) is 87.9 Å². The predicted octanol–water partition coefficient (Wildman–Crippen LogP) is 2.46. The summed E-state index contributed by atoms with van der Waals surface area (Å²) in [5.41, 5.74) is -0.444. The molecule has 0 saturated carbocycles. The highest BCUT2D eigenvalue weighted by Gasteiger charge is 2.18. The standard InChI is InChI=1S/C10H11BrN4O2/c1-10(2,3)17-9(16)15-7-6(4-12)5-13-8(11)14-7/h5H,1-3H3,(H,13,14,15,16). The molecule has 0 saturated heterocycles. The van der Waals surface area contributed by atoms with Crippen molar-refractivity contribution in [3.63, 3.8) is 0 Å². The number of halogens is 1. The quantitative estimate of drug-likeness (QED) is 0.805. The van der Waals surface area contributed by atoms with Gasteiger partial charge in [0.15, 0.2) is 10.6 Å². The maximum Gasteiger partial charge on any atom is 0.413 e. The first-order chi connectivity index (χ1) is 7.81. The SMILES string of the molecule is CC(C)(C)OC(=O)Nc1nc(Br)ncc1C#N. The molecule has 0 atom stereocenters. The first-order valence-corrected chi connectivity index (χ1v) is 5.54. The van der Waals surface area contributed by atoms with E-state index >= 15 is 0 Å². The number of anilines is 1. The van der Waals surface area contributed by atoms with Gasteiger partial charge >= 0.3 is 6.09 Å². The van der Waals surface area contributed by atoms with Crippen LogP contribution in [-0.2, 0) is 4.74 Å². The highest BCUT2D eigenvalue weighted by atomic mass is 79.9. The van der Waals surface area contributed by atoms with Gasteiger partial charge in [0, 0.05) is 0 Å². The molecule has 17 heavy (non-hydrogen) atoms. The van der Waals surface area contributed by atoms with Gasteiger partial charge in [0.05, 0.1) is 6.20 Å². The molecule has 0 radical (unpaired) electrons. The maximum absolute atomic E-state index is 11.5. The van der Waals surface area contributed by atoms with Gasteiger partial charge in [-0.3, -0.25) is 5.32 Å². The number of hydrogen-bond acceptors (Lipinski definition) is 5. The Morgan fingerprint density at radius 3 is 2.76 bits per heavy atom. The predicted molar refractivity (Wildman–Crippen MR) is 64.3 cm³/mol. The van der Waals surface area contributed by atoms with Gasteiger partial charge in [-0.25, -0.2) is 14.8 Å². The molecule has 0 aliphatic rings. The molecule has 1 amide bonds. The molecule has 0 unspecified atom stereocenters. The van der Waals surface area contributed by atoms with E-state index in [0.717, 1.165) is 0 Å². The van der Waals surface area contributed by atoms with Crippen molar-refractivity contribution in [2.75, 3.05) is 5.32 Å². The van der Waals surface area contributed by atoms with Crippen LogP contribution in [0.5, 0.6) is 0 Å². The van der Waals surface area contributed by atoms with Gasteiger partial charge < -0.3 is 4.74 Å². The second kappa shape index (κ2) is 5.10. The average Bonchev–Trinajstić information content (AvgIpc) is 2.14. The molecule has 0 spiro atoms. The molecule has 0 aromatic carbocycles. The number of ether oxygens (including phenoxy) is 1. The number of amides is 1. The van der Waals surface area contributed by atoms with Crippen LogP contribution >= 0.6 is 15.9 Å². The van der Waals surface area contributed by atoms with Crippen LogP contribution in [0.2, 0.25) is 0 Å². The van der Waals surface area contributed by atoms with Crippen molar-refractivity contribution < 1.29 is 9.53 Å². The zero-order valence-corrected chi connectivity index (χ0v) is 11.2. The number of nitrogens with one attached hydrogen (secondary N) is 1. The minimum Gasteiger partial charge on any atom is -0.444 e. The first-order valence-electron chi connectivity index (χ1n) is 4.74. The molecule has 1 rings (SSSR count). The minimum atomic E-state index is -0.667. The Labute approximate surface area is 107 Å². The van der Waals surface area contributed by atoms with Crippen LogP contribution in [-0.4, -0.2) is 21.7 Å². The number of nitriles is 1. The summed E-state index contributed by atoms with van der Waals surface area (Å²) in [6, 6.07) is 1.87. The molecule has 7 heteroatoms. The third-order valence-electron chi connectivity index (χ3n) is 1.50. The van der Waals surface area contributed by atoms with Crippen molar-refractivity contribution in [3.8, 4) is 6.07 Å². The van der Waals surface area contributed by atoms with E-state index in [1.165, 1.54) is 6.20 Å². The number of carbonyl (C=O) groups is 1. The largest absolute Gasteiger partial charge is 0.444 e. The van der Waals surface area contributed by atoms with E-state index in [0.29, 0.717) is 0 Å². The molecule has 1 N–H and O–H groups in total. The highest BCUT2D eigenvalue weighted by Crippen LogP contribution is 2.15. The fourth-order valence-corrected chi connectivity index (χ4v) is 1.22. The maximum atomic E-state index is 11.5. The molecule has 1 aromatic heterocycles. The van der Waals surface area contributed by atoms with Gasteiger partial charge in [0.1, 0.15) is 17.2 Å². The van der Waals surface area contributed by atoms with Crippen LogP contribution < -0.4 is 5.32 Å². The van der Waals surface area contributed by atoms with Crippen LogP contribution in [0.15, 0.2) is 10.9 Å². The number of hydrogen-bond donors (Lipinski definition) is 1. The lowest BCUT2D eigenvalue weighted by molar-refractivity contribution is 0.0635. The Bertz CT molecular complexity index is 476. The fourth-order valence-electron chi connectivity index (χ4n) is 0.938. The lowest BCUT2D eigenvalue weighted by Gasteiger charge is -2.19. The Hall–Kier alpha value is -1.68. The number of nitrogens with zero attached hydrogens (tertiary/aromatic N) is 3. The summed E-state index contributed by atoms with van der Waals surface area (Å²) in [5, 5.41) is 11.2. The zero-order chi connectivity index (χ0) is 13.1. The van der Waals surface area contributed by atoms with Gasteiger partial charge in [0.2, 0.25) is 0 Å². The van der Waals surface area contributed by atoms with E-state index in [4.69, 9.17) is 10.00 Å². The lowest BCUT2D eigenvalue weighted by atomic mass is 10.2. The molecule has 1 heterocycles. The van der Waals surface area contributed by atoms with Gasteiger partial charge in [-0.2, -0.15) is 5.26 Å². The van der Waals surface area contributed by atoms with Gasteiger partial charge in [-0.1, -0.05) is 0 Å². The number of aromatic nitrogens is 2. The van der Waals surface area contributed by atoms with E-state index in [1.54, 1.807) is 20.8 Å². The number of rotatable bonds is 1. The molecular weight excluding hydrogens is 288 g/mol. The monoisotopic (exact) mass is 298 g/mol. The van der Waals surface area contributed by atoms with Gasteiger partial charge in [-0.05, 0) is 36.7 Å². The first kappa shape index (κ1) is 13.4. The normalized spacial score (nSPS) is 10.5. The van der Waals surface area contributed by atoms with Gasteiger partial charge in [0.25, 0.3) is 0 Å². The minimum absolute atomic E-state index is 0.114. The average molecular weight is 299 g/mol. The van der Waals surface area contributed by atoms with Crippen molar-refractivity contribution in [2.24, 2.45) is 0 Å². The zero-order valence-electron chi connectivity index (χ0n) is 9.61. The summed E-state index contributed by atoms with van der Waals surface area (Å²) in [6.07, 6.45) is 0.642. The smallest absolute Gasteiger partial charge is 0.413 e. The second-order valence-electron chi connectivity index (χ2n) is 4.14. The van der Waals surface area contributed by atoms with Crippen molar-refractivity contribution in [1.82, 2.24) is 9.97 Å². The molecule has 90 valence electrons. The fraction of sp³-hybridized carbons (Fsp3) is 0.400. The second-order valence-corrected chi connectivity index (χ2v) is 4.85. The van der Waals surface area contributed by atoms with E-state index in [1.807, 2.05) is 6.07 Å². The Kier molecular flexibility index (Phi) is 4.02. The van der Waals surface area contributed by atoms with Crippen molar-refractivity contribution in [2.45, 2.75) is 26.4 Å². The third kappa shape index (κ3) is 4.36. The molecule has 0 aliphatic carbocycles. The summed E-state index contributed by atoms with van der Waals surface area (Å²) in [7, 11) is 0. The third-order valence-corrected chi connectivity index (χ3v) is 1.88. The van der Waals surface area contributed by atoms with Crippen LogP contribution in [0.4, 0.5) is 10.6 Å². The number of carbonyl (C=O) groups excluding carboxylic acids is 1. The van der Waals surface area contributed by atoms with Crippen LogP contribution in [0, 0.1) is 11.3 Å². The summed E-state index contributed by atoms with van der Waals surface area (Å²) in [6.45, 7) is 5.23. The van der Waals surface area contributed by atoms with E-state index in [-0.39, 0.29) is 16.1 Å². The van der Waals surface area contributed by atoms with Crippen molar-refractivity contribution >= 4 is 27.8 Å². The van der Waals surface area contributed by atoms with Crippen LogP contribution in [0.25, 0.3) is 0 Å². The molecule has 1 aromatic rings. The molecule has 6 nitrogen and oxygen atoms in total. The molecular formula is C10H11BrN4O2. The lowest BCUT2D eigenvalue weighted by Crippen LogP contribution is -2.27. The van der Waals surface area contributed by atoms with Crippen LogP contribution in [0.1, 0.15) is 26.3 Å². The summed E-state index contributed by atoms with van der Waals surface area (Å²) >= 11 is 3.05. The Morgan fingerprint density at radius 2 is 2.24 bits per heavy atom. The van der Waals surface area contributed by atoms with Gasteiger partial charge in [-0.15, -0.1) is 0 Å². The molecule has 0 bridgehead atoms. The highest BCUT2D eigenvalue weighted by molar-refractivity contribution is 9.10. The van der Waals surface area contributed by atoms with E-state index < -0.39 is 11.7 Å². The Balaban J connectivity index is 2.85. The van der Waals surface area contributed by atoms with E-state index in [9.17, 15) is 4.79 Å². The molecule has 0 aliphatic heterocycles. The Morgan fingerprint density at radius 1 is 1.59 bits per heavy atom. The van der Waals surface area contributed by atoms with Crippen molar-refractivity contribution in [1.29, 1.82) is 5.26 Å².